The summed E-state index contributed by atoms with van der Waals surface area (Å²) < 4.78 is 0. The average molecular weight is 345 g/mol. The first-order chi connectivity index (χ1) is 12.2. The van der Waals surface area contributed by atoms with Gasteiger partial charge in [-0.05, 0) is 54.8 Å². The predicted molar refractivity (Wildman–Crippen MR) is 103 cm³/mol. The standard InChI is InChI=1S/C20H15N3OS/c1-25-15-6-4-5-14(12-15)21-20(24)13-9-10-18-19(11-13)23-17-8-3-2-7-16(17)22-18/h2-12H,1H3,(H,21,24). The molecule has 0 atom stereocenters. The number of rotatable bonds is 3. The van der Waals surface area contributed by atoms with Gasteiger partial charge in [0.15, 0.2) is 0 Å². The minimum Gasteiger partial charge on any atom is -0.322 e. The number of benzene rings is 3. The number of amides is 1. The summed E-state index contributed by atoms with van der Waals surface area (Å²) in [5, 5.41) is 2.93. The molecule has 0 fully saturated rings. The zero-order valence-electron chi connectivity index (χ0n) is 13.6. The van der Waals surface area contributed by atoms with Crippen LogP contribution in [0.2, 0.25) is 0 Å². The van der Waals surface area contributed by atoms with E-state index in [4.69, 9.17) is 0 Å². The Morgan fingerprint density at radius 1 is 0.840 bits per heavy atom. The Morgan fingerprint density at radius 2 is 1.56 bits per heavy atom. The predicted octanol–water partition coefficient (Wildman–Crippen LogP) is 4.76. The van der Waals surface area contributed by atoms with Gasteiger partial charge in [-0.2, -0.15) is 0 Å². The highest BCUT2D eigenvalue weighted by Gasteiger charge is 2.09. The monoisotopic (exact) mass is 345 g/mol. The molecule has 0 saturated carbocycles. The fourth-order valence-electron chi connectivity index (χ4n) is 2.67. The minimum atomic E-state index is -0.157. The van der Waals surface area contributed by atoms with Crippen molar-refractivity contribution in [1.29, 1.82) is 0 Å². The second-order valence-corrected chi connectivity index (χ2v) is 6.48. The van der Waals surface area contributed by atoms with Gasteiger partial charge in [-0.25, -0.2) is 9.97 Å². The Hall–Kier alpha value is -2.92. The van der Waals surface area contributed by atoms with E-state index in [1.54, 1.807) is 23.9 Å². The molecular formula is C20H15N3OS. The molecule has 0 spiro atoms. The van der Waals surface area contributed by atoms with Crippen LogP contribution in [0.25, 0.3) is 22.1 Å². The Kier molecular flexibility index (Phi) is 4.07. The quantitative estimate of drug-likeness (QED) is 0.430. The van der Waals surface area contributed by atoms with Gasteiger partial charge in [-0.1, -0.05) is 18.2 Å². The van der Waals surface area contributed by atoms with Crippen LogP contribution in [0.4, 0.5) is 5.69 Å². The molecule has 1 aromatic heterocycles. The van der Waals surface area contributed by atoms with Gasteiger partial charge in [0.05, 0.1) is 22.1 Å². The maximum Gasteiger partial charge on any atom is 0.255 e. The maximum atomic E-state index is 12.6. The lowest BCUT2D eigenvalue weighted by Gasteiger charge is -2.07. The highest BCUT2D eigenvalue weighted by molar-refractivity contribution is 7.98. The number of anilines is 1. The van der Waals surface area contributed by atoms with Crippen LogP contribution >= 0.6 is 11.8 Å². The third-order valence-electron chi connectivity index (χ3n) is 3.93. The summed E-state index contributed by atoms with van der Waals surface area (Å²) in [5.74, 6) is -0.157. The number of fused-ring (bicyclic) bond motifs is 2. The number of hydrogen-bond acceptors (Lipinski definition) is 4. The fourth-order valence-corrected chi connectivity index (χ4v) is 3.13. The summed E-state index contributed by atoms with van der Waals surface area (Å²) >= 11 is 1.64. The molecule has 3 aromatic carbocycles. The molecular weight excluding hydrogens is 330 g/mol. The van der Waals surface area contributed by atoms with Crippen LogP contribution in [-0.2, 0) is 0 Å². The molecule has 0 bridgehead atoms. The van der Waals surface area contributed by atoms with E-state index in [0.29, 0.717) is 11.1 Å². The number of para-hydroxylation sites is 2. The summed E-state index contributed by atoms with van der Waals surface area (Å²) in [6.45, 7) is 0. The molecule has 25 heavy (non-hydrogen) atoms. The number of thioether (sulfide) groups is 1. The Balaban J connectivity index is 1.68. The zero-order chi connectivity index (χ0) is 17.2. The van der Waals surface area contributed by atoms with Crippen molar-refractivity contribution in [1.82, 2.24) is 9.97 Å². The van der Waals surface area contributed by atoms with E-state index in [2.05, 4.69) is 15.3 Å². The van der Waals surface area contributed by atoms with Crippen LogP contribution in [0.5, 0.6) is 0 Å². The Labute approximate surface area is 149 Å². The van der Waals surface area contributed by atoms with Crippen molar-refractivity contribution < 1.29 is 4.79 Å². The molecule has 0 aliphatic carbocycles. The third kappa shape index (κ3) is 3.19. The van der Waals surface area contributed by atoms with Crippen LogP contribution < -0.4 is 5.32 Å². The van der Waals surface area contributed by atoms with Crippen molar-refractivity contribution >= 4 is 45.4 Å². The van der Waals surface area contributed by atoms with Gasteiger partial charge < -0.3 is 5.32 Å². The van der Waals surface area contributed by atoms with Crippen LogP contribution in [0, 0.1) is 0 Å². The molecule has 0 aliphatic rings. The van der Waals surface area contributed by atoms with Crippen molar-refractivity contribution in [2.24, 2.45) is 0 Å². The molecule has 0 unspecified atom stereocenters. The van der Waals surface area contributed by atoms with E-state index in [0.717, 1.165) is 27.1 Å². The fraction of sp³-hybridized carbons (Fsp3) is 0.0500. The highest BCUT2D eigenvalue weighted by Crippen LogP contribution is 2.21. The highest BCUT2D eigenvalue weighted by atomic mass is 32.2. The summed E-state index contributed by atoms with van der Waals surface area (Å²) in [6.07, 6.45) is 2.01. The van der Waals surface area contributed by atoms with Gasteiger partial charge in [0.1, 0.15) is 0 Å². The van der Waals surface area contributed by atoms with Crippen LogP contribution in [0.1, 0.15) is 10.4 Å². The molecule has 122 valence electrons. The minimum absolute atomic E-state index is 0.157. The van der Waals surface area contributed by atoms with E-state index >= 15 is 0 Å². The SMILES string of the molecule is CSc1cccc(NC(=O)c2ccc3nc4ccccc4nc3c2)c1. The number of carbonyl (C=O) groups is 1. The number of aromatic nitrogens is 2. The van der Waals surface area contributed by atoms with Gasteiger partial charge in [0.2, 0.25) is 0 Å². The lowest BCUT2D eigenvalue weighted by Crippen LogP contribution is -2.11. The first-order valence-electron chi connectivity index (χ1n) is 7.85. The van der Waals surface area contributed by atoms with Gasteiger partial charge in [-0.15, -0.1) is 11.8 Å². The van der Waals surface area contributed by atoms with Crippen molar-refractivity contribution in [2.45, 2.75) is 4.90 Å². The van der Waals surface area contributed by atoms with Gasteiger partial charge >= 0.3 is 0 Å². The molecule has 0 radical (unpaired) electrons. The van der Waals surface area contributed by atoms with E-state index in [9.17, 15) is 4.79 Å². The normalized spacial score (nSPS) is 10.9. The lowest BCUT2D eigenvalue weighted by atomic mass is 10.1. The molecule has 4 rings (SSSR count). The topological polar surface area (TPSA) is 54.9 Å². The average Bonchev–Trinajstić information content (AvgIpc) is 2.66. The number of nitrogens with one attached hydrogen (secondary N) is 1. The summed E-state index contributed by atoms with van der Waals surface area (Å²) in [6, 6.07) is 20.9. The van der Waals surface area contributed by atoms with Gasteiger partial charge in [0.25, 0.3) is 5.91 Å². The van der Waals surface area contributed by atoms with Crippen LogP contribution in [0.15, 0.2) is 71.6 Å². The summed E-state index contributed by atoms with van der Waals surface area (Å²) in [7, 11) is 0. The third-order valence-corrected chi connectivity index (χ3v) is 4.65. The van der Waals surface area contributed by atoms with Crippen molar-refractivity contribution in [2.75, 3.05) is 11.6 Å². The zero-order valence-corrected chi connectivity index (χ0v) is 14.4. The second-order valence-electron chi connectivity index (χ2n) is 5.60. The van der Waals surface area contributed by atoms with Crippen LogP contribution in [0.3, 0.4) is 0 Å². The van der Waals surface area contributed by atoms with Gasteiger partial charge in [0, 0.05) is 16.1 Å². The van der Waals surface area contributed by atoms with E-state index in [1.165, 1.54) is 0 Å². The lowest BCUT2D eigenvalue weighted by molar-refractivity contribution is 0.102. The number of hydrogen-bond donors (Lipinski definition) is 1. The Morgan fingerprint density at radius 3 is 2.32 bits per heavy atom. The molecule has 1 heterocycles. The molecule has 4 aromatic rings. The number of nitrogens with zero attached hydrogens (tertiary/aromatic N) is 2. The van der Waals surface area contributed by atoms with E-state index < -0.39 is 0 Å². The van der Waals surface area contributed by atoms with Gasteiger partial charge in [-0.3, -0.25) is 4.79 Å². The molecule has 1 N–H and O–H groups in total. The van der Waals surface area contributed by atoms with E-state index in [-0.39, 0.29) is 5.91 Å². The summed E-state index contributed by atoms with van der Waals surface area (Å²) in [4.78, 5) is 22.9. The summed E-state index contributed by atoms with van der Waals surface area (Å²) in [5.41, 5.74) is 4.50. The van der Waals surface area contributed by atoms with Crippen LogP contribution in [-0.4, -0.2) is 22.1 Å². The van der Waals surface area contributed by atoms with Crippen molar-refractivity contribution in [3.05, 3.63) is 72.3 Å². The number of carbonyl (C=O) groups excluding carboxylic acids is 1. The smallest absolute Gasteiger partial charge is 0.255 e. The molecule has 0 saturated heterocycles. The first kappa shape index (κ1) is 15.6. The Bertz CT molecular complexity index is 1090. The molecule has 5 heteroatoms. The van der Waals surface area contributed by atoms with Crippen molar-refractivity contribution in [3.8, 4) is 0 Å². The first-order valence-corrected chi connectivity index (χ1v) is 9.07. The van der Waals surface area contributed by atoms with Crippen molar-refractivity contribution in [3.63, 3.8) is 0 Å². The molecule has 1 amide bonds. The molecule has 0 aliphatic heterocycles. The second kappa shape index (κ2) is 6.53. The largest absolute Gasteiger partial charge is 0.322 e. The van der Waals surface area contributed by atoms with E-state index in [1.807, 2.05) is 60.9 Å². The molecule has 4 nitrogen and oxygen atoms in total. The maximum absolute atomic E-state index is 12.6.